The van der Waals surface area contributed by atoms with Gasteiger partial charge in [0, 0.05) is 18.2 Å². The number of rotatable bonds is 3. The lowest BCUT2D eigenvalue weighted by atomic mass is 9.95. The van der Waals surface area contributed by atoms with Gasteiger partial charge in [-0.1, -0.05) is 6.07 Å². The molecule has 0 saturated carbocycles. The number of para-hydroxylation sites is 1. The number of aromatic carboxylic acids is 1. The predicted octanol–water partition coefficient (Wildman–Crippen LogP) is 3.06. The third kappa shape index (κ3) is 2.45. The van der Waals surface area contributed by atoms with E-state index in [1.54, 1.807) is 0 Å². The highest BCUT2D eigenvalue weighted by Gasteiger charge is 2.33. The fourth-order valence-corrected chi connectivity index (χ4v) is 2.98. The van der Waals surface area contributed by atoms with Crippen molar-refractivity contribution >= 4 is 17.3 Å². The molecular weight excluding hydrogens is 260 g/mol. The van der Waals surface area contributed by atoms with Crippen LogP contribution < -0.4 is 4.90 Å². The van der Waals surface area contributed by atoms with Crippen molar-refractivity contribution in [1.29, 1.82) is 0 Å². The first-order valence-electron chi connectivity index (χ1n) is 6.72. The lowest BCUT2D eigenvalue weighted by molar-refractivity contribution is -0.384. The molecule has 1 aliphatic heterocycles. The molecule has 2 atom stereocenters. The van der Waals surface area contributed by atoms with E-state index in [0.29, 0.717) is 0 Å². The quantitative estimate of drug-likeness (QED) is 0.678. The monoisotopic (exact) mass is 278 g/mol. The van der Waals surface area contributed by atoms with Gasteiger partial charge in [-0.05, 0) is 39.2 Å². The van der Waals surface area contributed by atoms with Crippen LogP contribution in [0.1, 0.15) is 43.5 Å². The number of carboxylic acids is 1. The smallest absolute Gasteiger partial charge is 0.338 e. The Morgan fingerprint density at radius 2 is 1.95 bits per heavy atom. The van der Waals surface area contributed by atoms with E-state index in [0.717, 1.165) is 19.3 Å². The Bertz CT molecular complexity index is 502. The lowest BCUT2D eigenvalue weighted by Crippen LogP contribution is -2.44. The SMILES string of the molecule is CC1CCCC(C)N1c1c(C(=O)O)cccc1[N+](=O)[O-]. The van der Waals surface area contributed by atoms with Crippen LogP contribution in [0.25, 0.3) is 0 Å². The third-order valence-corrected chi connectivity index (χ3v) is 3.89. The van der Waals surface area contributed by atoms with Crippen molar-refractivity contribution < 1.29 is 14.8 Å². The van der Waals surface area contributed by atoms with E-state index < -0.39 is 10.9 Å². The molecule has 108 valence electrons. The third-order valence-electron chi connectivity index (χ3n) is 3.89. The summed E-state index contributed by atoms with van der Waals surface area (Å²) in [5.41, 5.74) is 0.106. The molecule has 1 fully saturated rings. The molecule has 2 unspecified atom stereocenters. The second-order valence-electron chi connectivity index (χ2n) is 5.27. The summed E-state index contributed by atoms with van der Waals surface area (Å²) in [5, 5.41) is 20.6. The molecule has 1 aromatic rings. The predicted molar refractivity (Wildman–Crippen MR) is 75.3 cm³/mol. The van der Waals surface area contributed by atoms with E-state index in [9.17, 15) is 20.0 Å². The Labute approximate surface area is 117 Å². The zero-order valence-corrected chi connectivity index (χ0v) is 11.6. The standard InChI is InChI=1S/C14H18N2O4/c1-9-5-3-6-10(2)15(9)13-11(14(17)18)7-4-8-12(13)16(19)20/h4,7-10H,3,5-6H2,1-2H3,(H,17,18). The molecular formula is C14H18N2O4. The zero-order valence-electron chi connectivity index (χ0n) is 11.6. The summed E-state index contributed by atoms with van der Waals surface area (Å²) in [4.78, 5) is 24.0. The first-order valence-corrected chi connectivity index (χ1v) is 6.72. The van der Waals surface area contributed by atoms with Crippen molar-refractivity contribution in [2.75, 3.05) is 4.90 Å². The van der Waals surface area contributed by atoms with Crippen molar-refractivity contribution in [2.24, 2.45) is 0 Å². The normalized spacial score (nSPS) is 22.6. The average Bonchev–Trinajstić information content (AvgIpc) is 2.38. The van der Waals surface area contributed by atoms with Crippen LogP contribution in [0.15, 0.2) is 18.2 Å². The summed E-state index contributed by atoms with van der Waals surface area (Å²) in [6.45, 7) is 3.97. The van der Waals surface area contributed by atoms with Crippen LogP contribution in [0.4, 0.5) is 11.4 Å². The molecule has 20 heavy (non-hydrogen) atoms. The second-order valence-corrected chi connectivity index (χ2v) is 5.27. The molecule has 2 rings (SSSR count). The fourth-order valence-electron chi connectivity index (χ4n) is 2.98. The van der Waals surface area contributed by atoms with Gasteiger partial charge >= 0.3 is 5.97 Å². The number of carboxylic acid groups (broad SMARTS) is 1. The molecule has 0 amide bonds. The summed E-state index contributed by atoms with van der Waals surface area (Å²) in [5.74, 6) is -1.13. The van der Waals surface area contributed by atoms with Gasteiger partial charge in [0.15, 0.2) is 0 Å². The van der Waals surface area contributed by atoms with Gasteiger partial charge in [0.25, 0.3) is 5.69 Å². The van der Waals surface area contributed by atoms with E-state index in [2.05, 4.69) is 0 Å². The first kappa shape index (κ1) is 14.3. The largest absolute Gasteiger partial charge is 0.478 e. The maximum atomic E-state index is 11.4. The van der Waals surface area contributed by atoms with Gasteiger partial charge in [-0.15, -0.1) is 0 Å². The van der Waals surface area contributed by atoms with Crippen LogP contribution in [0.2, 0.25) is 0 Å². The molecule has 1 aromatic carbocycles. The Morgan fingerprint density at radius 3 is 2.45 bits per heavy atom. The van der Waals surface area contributed by atoms with E-state index >= 15 is 0 Å². The molecule has 0 spiro atoms. The van der Waals surface area contributed by atoms with Crippen LogP contribution >= 0.6 is 0 Å². The van der Waals surface area contributed by atoms with Crippen molar-refractivity contribution in [2.45, 2.75) is 45.2 Å². The van der Waals surface area contributed by atoms with E-state index in [4.69, 9.17) is 0 Å². The van der Waals surface area contributed by atoms with Crippen molar-refractivity contribution in [3.8, 4) is 0 Å². The van der Waals surface area contributed by atoms with Gasteiger partial charge < -0.3 is 10.0 Å². The summed E-state index contributed by atoms with van der Waals surface area (Å²) in [6.07, 6.45) is 2.88. The highest BCUT2D eigenvalue weighted by Crippen LogP contribution is 2.38. The van der Waals surface area contributed by atoms with Crippen LogP contribution in [0, 0.1) is 10.1 Å². The van der Waals surface area contributed by atoms with Gasteiger partial charge in [-0.2, -0.15) is 0 Å². The number of hydrogen-bond acceptors (Lipinski definition) is 4. The Hall–Kier alpha value is -2.11. The molecule has 0 aromatic heterocycles. The molecule has 0 bridgehead atoms. The summed E-state index contributed by atoms with van der Waals surface area (Å²) < 4.78 is 0. The summed E-state index contributed by atoms with van der Waals surface area (Å²) in [6, 6.07) is 4.41. The van der Waals surface area contributed by atoms with Gasteiger partial charge in [0.2, 0.25) is 0 Å². The minimum absolute atomic E-state index is 0.000185. The van der Waals surface area contributed by atoms with Crippen molar-refractivity contribution in [3.63, 3.8) is 0 Å². The van der Waals surface area contributed by atoms with Crippen molar-refractivity contribution in [3.05, 3.63) is 33.9 Å². The Morgan fingerprint density at radius 1 is 1.35 bits per heavy atom. The van der Waals surface area contributed by atoms with Gasteiger partial charge in [0.05, 0.1) is 10.5 Å². The number of benzene rings is 1. The van der Waals surface area contributed by atoms with Gasteiger partial charge in [-0.25, -0.2) is 4.79 Å². The van der Waals surface area contributed by atoms with Crippen LogP contribution in [-0.4, -0.2) is 28.1 Å². The number of carbonyl (C=O) groups is 1. The maximum Gasteiger partial charge on any atom is 0.338 e. The highest BCUT2D eigenvalue weighted by atomic mass is 16.6. The summed E-state index contributed by atoms with van der Waals surface area (Å²) >= 11 is 0. The van der Waals surface area contributed by atoms with Crippen molar-refractivity contribution in [1.82, 2.24) is 0 Å². The number of anilines is 1. The molecule has 1 aliphatic rings. The van der Waals surface area contributed by atoms with E-state index in [1.165, 1.54) is 18.2 Å². The second kappa shape index (κ2) is 5.48. The molecule has 1 heterocycles. The van der Waals surface area contributed by atoms with Crippen LogP contribution in [0.3, 0.4) is 0 Å². The summed E-state index contributed by atoms with van der Waals surface area (Å²) in [7, 11) is 0. The molecule has 1 saturated heterocycles. The molecule has 0 radical (unpaired) electrons. The van der Waals surface area contributed by atoms with Crippen LogP contribution in [-0.2, 0) is 0 Å². The lowest BCUT2D eigenvalue weighted by Gasteiger charge is -2.41. The minimum atomic E-state index is -1.13. The molecule has 1 N–H and O–H groups in total. The highest BCUT2D eigenvalue weighted by molar-refractivity contribution is 5.97. The molecule has 6 nitrogen and oxygen atoms in total. The number of nitrogens with zero attached hydrogens (tertiary/aromatic N) is 2. The van der Waals surface area contributed by atoms with Gasteiger partial charge in [0.1, 0.15) is 5.69 Å². The number of nitro benzene ring substituents is 1. The number of hydrogen-bond donors (Lipinski definition) is 1. The number of nitro groups is 1. The Kier molecular flexibility index (Phi) is 3.92. The minimum Gasteiger partial charge on any atom is -0.478 e. The maximum absolute atomic E-state index is 11.4. The fraction of sp³-hybridized carbons (Fsp3) is 0.500. The zero-order chi connectivity index (χ0) is 14.9. The van der Waals surface area contributed by atoms with Gasteiger partial charge in [-0.3, -0.25) is 10.1 Å². The van der Waals surface area contributed by atoms with E-state index in [-0.39, 0.29) is 29.0 Å². The Balaban J connectivity index is 2.63. The molecule has 6 heteroatoms. The number of piperidine rings is 1. The average molecular weight is 278 g/mol. The topological polar surface area (TPSA) is 83.7 Å². The van der Waals surface area contributed by atoms with E-state index in [1.807, 2.05) is 18.7 Å². The van der Waals surface area contributed by atoms with Crippen LogP contribution in [0.5, 0.6) is 0 Å². The molecule has 0 aliphatic carbocycles. The first-order chi connectivity index (χ1) is 9.43.